The average molecular weight is 596 g/mol. The molecule has 3 rings (SSSR count). The molecule has 1 N–H and O–H groups in total. The molecule has 1 heterocycles. The molecule has 0 radical (unpaired) electrons. The molecule has 11 nitrogen and oxygen atoms in total. The van der Waals surface area contributed by atoms with Crippen LogP contribution in [-0.4, -0.2) is 78.2 Å². The van der Waals surface area contributed by atoms with Crippen LogP contribution in [0.4, 0.5) is 4.79 Å². The first-order valence-electron chi connectivity index (χ1n) is 14.0. The molecule has 43 heavy (non-hydrogen) atoms. The maximum Gasteiger partial charge on any atom is 0.417 e. The van der Waals surface area contributed by atoms with Gasteiger partial charge in [-0.25, -0.2) is 9.69 Å². The lowest BCUT2D eigenvalue weighted by Gasteiger charge is -2.26. The molecular weight excluding hydrogens is 558 g/mol. The number of amides is 2. The highest BCUT2D eigenvalue weighted by Crippen LogP contribution is 2.30. The number of carbonyl (C=O) groups is 5. The van der Waals surface area contributed by atoms with Gasteiger partial charge in [-0.3, -0.25) is 19.2 Å². The molecule has 1 aliphatic rings. The molecule has 4 atom stereocenters. The number of carbonyl (C=O) groups excluding carboxylic acids is 5. The normalized spacial score (nSPS) is 16.9. The molecule has 4 unspecified atom stereocenters. The highest BCUT2D eigenvalue weighted by Gasteiger charge is 2.44. The third-order valence-corrected chi connectivity index (χ3v) is 6.69. The molecule has 2 amide bonds. The van der Waals surface area contributed by atoms with Gasteiger partial charge in [0.25, 0.3) is 0 Å². The van der Waals surface area contributed by atoms with E-state index in [9.17, 15) is 29.1 Å². The Hall–Kier alpha value is -4.19. The number of aliphatic hydroxyl groups is 1. The Balaban J connectivity index is 1.49. The summed E-state index contributed by atoms with van der Waals surface area (Å²) in [5.41, 5.74) is 1.64. The number of cyclic esters (lactones) is 1. The minimum absolute atomic E-state index is 0.0486. The zero-order valence-corrected chi connectivity index (χ0v) is 24.3. The Bertz CT molecular complexity index is 1260. The minimum Gasteiger partial charge on any atom is -0.453 e. The van der Waals surface area contributed by atoms with Crippen LogP contribution in [0.3, 0.4) is 0 Å². The number of esters is 1. The zero-order valence-electron chi connectivity index (χ0n) is 24.3. The van der Waals surface area contributed by atoms with E-state index in [0.29, 0.717) is 18.6 Å². The lowest BCUT2D eigenvalue weighted by molar-refractivity contribution is -0.158. The molecule has 1 aliphatic heterocycles. The minimum atomic E-state index is -1.55. The fraction of sp³-hybridized carbons (Fsp3) is 0.406. The number of aliphatic hydroxyl groups excluding tert-OH is 1. The molecule has 0 bridgehead atoms. The second-order valence-electron chi connectivity index (χ2n) is 10.0. The van der Waals surface area contributed by atoms with Crippen molar-refractivity contribution in [2.75, 3.05) is 26.4 Å². The molecule has 2 aromatic carbocycles. The first kappa shape index (κ1) is 33.3. The summed E-state index contributed by atoms with van der Waals surface area (Å²) in [5, 5.41) is 9.51. The van der Waals surface area contributed by atoms with Crippen molar-refractivity contribution in [3.8, 4) is 0 Å². The van der Waals surface area contributed by atoms with Gasteiger partial charge >= 0.3 is 12.1 Å². The zero-order chi connectivity index (χ0) is 31.2. The molecule has 0 aliphatic carbocycles. The molecule has 2 aromatic rings. The van der Waals surface area contributed by atoms with E-state index in [1.807, 2.05) is 30.3 Å². The van der Waals surface area contributed by atoms with Gasteiger partial charge < -0.3 is 24.1 Å². The Labute approximate surface area is 250 Å². The number of ketones is 2. The van der Waals surface area contributed by atoms with Gasteiger partial charge in [0.15, 0.2) is 17.7 Å². The Kier molecular flexibility index (Phi) is 13.2. The van der Waals surface area contributed by atoms with Gasteiger partial charge in [-0.1, -0.05) is 60.7 Å². The third-order valence-electron chi connectivity index (χ3n) is 6.69. The highest BCUT2D eigenvalue weighted by molar-refractivity contribution is 6.04. The van der Waals surface area contributed by atoms with Gasteiger partial charge in [0, 0.05) is 20.0 Å². The monoisotopic (exact) mass is 595 g/mol. The molecule has 11 heteroatoms. The van der Waals surface area contributed by atoms with Gasteiger partial charge in [0.05, 0.1) is 25.7 Å². The van der Waals surface area contributed by atoms with E-state index in [0.717, 1.165) is 29.5 Å². The van der Waals surface area contributed by atoms with E-state index in [4.69, 9.17) is 18.9 Å². The Morgan fingerprint density at radius 3 is 2.37 bits per heavy atom. The van der Waals surface area contributed by atoms with Crippen molar-refractivity contribution in [2.45, 2.75) is 51.5 Å². The van der Waals surface area contributed by atoms with Gasteiger partial charge in [-0.2, -0.15) is 0 Å². The average Bonchev–Trinajstić information content (AvgIpc) is 3.41. The number of rotatable bonds is 17. The lowest BCUT2D eigenvalue weighted by atomic mass is 9.97. The molecule has 0 aromatic heterocycles. The first-order valence-corrected chi connectivity index (χ1v) is 14.0. The van der Waals surface area contributed by atoms with Crippen molar-refractivity contribution < 1.29 is 48.0 Å². The van der Waals surface area contributed by atoms with Crippen LogP contribution in [0.15, 0.2) is 72.8 Å². The lowest BCUT2D eigenvalue weighted by Crippen LogP contribution is -2.45. The maximum atomic E-state index is 13.3. The summed E-state index contributed by atoms with van der Waals surface area (Å²) >= 11 is 0. The fourth-order valence-electron chi connectivity index (χ4n) is 4.38. The van der Waals surface area contributed by atoms with Crippen molar-refractivity contribution >= 4 is 29.5 Å². The predicted molar refractivity (Wildman–Crippen MR) is 153 cm³/mol. The Morgan fingerprint density at radius 2 is 1.72 bits per heavy atom. The third kappa shape index (κ3) is 10.2. The maximum absolute atomic E-state index is 13.3. The molecule has 0 saturated carbocycles. The van der Waals surface area contributed by atoms with Crippen LogP contribution in [0.25, 0.3) is 0 Å². The van der Waals surface area contributed by atoms with Crippen LogP contribution < -0.4 is 0 Å². The quantitative estimate of drug-likeness (QED) is 0.164. The van der Waals surface area contributed by atoms with E-state index in [-0.39, 0.29) is 38.6 Å². The molecule has 230 valence electrons. The second-order valence-corrected chi connectivity index (χ2v) is 10.0. The summed E-state index contributed by atoms with van der Waals surface area (Å²) in [7, 11) is 0. The smallest absolute Gasteiger partial charge is 0.417 e. The van der Waals surface area contributed by atoms with Crippen molar-refractivity contribution in [1.82, 2.24) is 4.90 Å². The van der Waals surface area contributed by atoms with Gasteiger partial charge in [0.1, 0.15) is 18.8 Å². The number of benzene rings is 2. The Morgan fingerprint density at radius 1 is 1.05 bits per heavy atom. The summed E-state index contributed by atoms with van der Waals surface area (Å²) < 4.78 is 21.4. The van der Waals surface area contributed by atoms with E-state index < -0.39 is 47.9 Å². The SMILES string of the molecule is CC(=O)OC(C(=O)C=CC(=O)CCCOCC(CO)OCc1ccccc1)C(C)C(=O)N1C(=O)OCC1c1ccccc1. The number of hydrogen-bond donors (Lipinski definition) is 1. The van der Waals surface area contributed by atoms with Crippen molar-refractivity contribution in [3.63, 3.8) is 0 Å². The van der Waals surface area contributed by atoms with E-state index >= 15 is 0 Å². The summed E-state index contributed by atoms with van der Waals surface area (Å²) in [4.78, 5) is 63.8. The molecular formula is C32H37NO10. The number of imide groups is 1. The van der Waals surface area contributed by atoms with Gasteiger partial charge in [-0.15, -0.1) is 0 Å². The van der Waals surface area contributed by atoms with E-state index in [1.54, 1.807) is 30.3 Å². The predicted octanol–water partition coefficient (Wildman–Crippen LogP) is 3.34. The largest absolute Gasteiger partial charge is 0.453 e. The summed E-state index contributed by atoms with van der Waals surface area (Å²) in [6, 6.07) is 17.6. The number of allylic oxidation sites excluding steroid dienone is 1. The summed E-state index contributed by atoms with van der Waals surface area (Å²) in [6.07, 6.45) is -0.461. The van der Waals surface area contributed by atoms with Crippen molar-refractivity contribution in [1.29, 1.82) is 0 Å². The number of hydrogen-bond acceptors (Lipinski definition) is 10. The van der Waals surface area contributed by atoms with Crippen LogP contribution >= 0.6 is 0 Å². The van der Waals surface area contributed by atoms with Crippen LogP contribution in [0, 0.1) is 5.92 Å². The topological polar surface area (TPSA) is 146 Å². The van der Waals surface area contributed by atoms with E-state index in [1.165, 1.54) is 6.92 Å². The van der Waals surface area contributed by atoms with Crippen molar-refractivity contribution in [2.24, 2.45) is 5.92 Å². The standard InChI is InChI=1S/C32H37NO10/c1-22(31(38)33-28(21-42-32(33)39)25-12-7-4-8-13-25)30(43-23(2)35)29(37)16-15-26(36)14-9-17-40-20-27(18-34)41-19-24-10-5-3-6-11-24/h3-8,10-13,15-16,22,27-28,30,34H,9,14,17-21H2,1-2H3. The molecule has 1 saturated heterocycles. The van der Waals surface area contributed by atoms with Crippen LogP contribution in [0.1, 0.15) is 43.9 Å². The summed E-state index contributed by atoms with van der Waals surface area (Å²) in [5.74, 6) is -3.92. The van der Waals surface area contributed by atoms with Crippen LogP contribution in [0.2, 0.25) is 0 Å². The number of ether oxygens (including phenoxy) is 4. The highest BCUT2D eigenvalue weighted by atomic mass is 16.6. The summed E-state index contributed by atoms with van der Waals surface area (Å²) in [6.45, 7) is 2.92. The number of nitrogens with zero attached hydrogens (tertiary/aromatic N) is 1. The van der Waals surface area contributed by atoms with E-state index in [2.05, 4.69) is 0 Å². The van der Waals surface area contributed by atoms with Gasteiger partial charge in [-0.05, 0) is 36.6 Å². The molecule has 1 fully saturated rings. The van der Waals surface area contributed by atoms with Gasteiger partial charge in [0.2, 0.25) is 5.91 Å². The molecule has 0 spiro atoms. The first-order chi connectivity index (χ1) is 20.7. The van der Waals surface area contributed by atoms with Crippen molar-refractivity contribution in [3.05, 3.63) is 83.9 Å². The fourth-order valence-corrected chi connectivity index (χ4v) is 4.38. The van der Waals surface area contributed by atoms with Crippen LogP contribution in [0.5, 0.6) is 0 Å². The van der Waals surface area contributed by atoms with Crippen LogP contribution in [-0.2, 0) is 44.7 Å². The second kappa shape index (κ2) is 17.1.